The number of hydrogen-bond acceptors (Lipinski definition) is 3. The first kappa shape index (κ1) is 18.5. The molecule has 0 saturated carbocycles. The lowest BCUT2D eigenvalue weighted by Gasteiger charge is -2.09. The fourth-order valence-electron chi connectivity index (χ4n) is 2.32. The maximum Gasteiger partial charge on any atom is 0.244 e. The Bertz CT molecular complexity index is 743. The Morgan fingerprint density at radius 2 is 2.04 bits per heavy atom. The Kier molecular flexibility index (Phi) is 7.01. The molecule has 1 amide bonds. The van der Waals surface area contributed by atoms with Gasteiger partial charge in [0, 0.05) is 12.6 Å². The number of halogens is 1. The molecule has 1 N–H and O–H groups in total. The molecule has 0 radical (unpaired) electrons. The third-order valence-electron chi connectivity index (χ3n) is 3.52. The molecule has 2 rings (SSSR count). The molecule has 0 unspecified atom stereocenters. The van der Waals surface area contributed by atoms with E-state index < -0.39 is 0 Å². The first-order chi connectivity index (χ1) is 12.1. The normalized spacial score (nSPS) is 10.7. The topological polar surface area (TPSA) is 47.6 Å². The fourth-order valence-corrected chi connectivity index (χ4v) is 2.32. The second-order valence-corrected chi connectivity index (χ2v) is 5.35. The second-order valence-electron chi connectivity index (χ2n) is 5.35. The largest absolute Gasteiger partial charge is 0.493 e. The minimum atomic E-state index is -0.270. The van der Waals surface area contributed by atoms with Crippen LogP contribution in [0.4, 0.5) is 4.39 Å². The predicted molar refractivity (Wildman–Crippen MR) is 96.3 cm³/mol. The SMILES string of the molecule is CCOc1ccc(/C=C/C(=O)NCCc2cccc(F)c2)cc1OC. The van der Waals surface area contributed by atoms with Crippen LogP contribution < -0.4 is 14.8 Å². The summed E-state index contributed by atoms with van der Waals surface area (Å²) in [5.74, 6) is 0.814. The summed E-state index contributed by atoms with van der Waals surface area (Å²) in [4.78, 5) is 11.9. The van der Waals surface area contributed by atoms with E-state index in [0.717, 1.165) is 11.1 Å². The molecule has 0 aliphatic heterocycles. The molecule has 0 bridgehead atoms. The molecule has 0 spiro atoms. The Balaban J connectivity index is 1.87. The van der Waals surface area contributed by atoms with Gasteiger partial charge in [-0.3, -0.25) is 4.79 Å². The Morgan fingerprint density at radius 1 is 1.20 bits per heavy atom. The molecule has 0 fully saturated rings. The molecule has 0 saturated heterocycles. The number of hydrogen-bond donors (Lipinski definition) is 1. The Morgan fingerprint density at radius 3 is 2.76 bits per heavy atom. The third kappa shape index (κ3) is 5.95. The van der Waals surface area contributed by atoms with Gasteiger partial charge in [0.05, 0.1) is 13.7 Å². The van der Waals surface area contributed by atoms with Gasteiger partial charge in [-0.05, 0) is 54.8 Å². The van der Waals surface area contributed by atoms with Gasteiger partial charge in [-0.1, -0.05) is 18.2 Å². The number of carbonyl (C=O) groups is 1. The summed E-state index contributed by atoms with van der Waals surface area (Å²) in [5.41, 5.74) is 1.68. The van der Waals surface area contributed by atoms with Crippen LogP contribution in [0, 0.1) is 5.82 Å². The lowest BCUT2D eigenvalue weighted by molar-refractivity contribution is -0.116. The lowest BCUT2D eigenvalue weighted by atomic mass is 10.1. The van der Waals surface area contributed by atoms with Crippen molar-refractivity contribution in [2.75, 3.05) is 20.3 Å². The maximum atomic E-state index is 13.1. The van der Waals surface area contributed by atoms with E-state index in [1.165, 1.54) is 18.2 Å². The number of amides is 1. The summed E-state index contributed by atoms with van der Waals surface area (Å²) >= 11 is 0. The van der Waals surface area contributed by atoms with E-state index in [-0.39, 0.29) is 11.7 Å². The zero-order chi connectivity index (χ0) is 18.1. The number of benzene rings is 2. The first-order valence-electron chi connectivity index (χ1n) is 8.13. The van der Waals surface area contributed by atoms with Gasteiger partial charge in [0.1, 0.15) is 5.82 Å². The molecule has 132 valence electrons. The van der Waals surface area contributed by atoms with Crippen molar-refractivity contribution in [3.05, 3.63) is 65.5 Å². The van der Waals surface area contributed by atoms with Crippen molar-refractivity contribution in [1.29, 1.82) is 0 Å². The molecular formula is C20H22FNO3. The van der Waals surface area contributed by atoms with E-state index in [4.69, 9.17) is 9.47 Å². The van der Waals surface area contributed by atoms with Gasteiger partial charge in [0.15, 0.2) is 11.5 Å². The molecule has 0 aliphatic rings. The van der Waals surface area contributed by atoms with E-state index in [2.05, 4.69) is 5.32 Å². The predicted octanol–water partition coefficient (Wildman–Crippen LogP) is 3.61. The average molecular weight is 343 g/mol. The van der Waals surface area contributed by atoms with E-state index in [1.807, 2.05) is 31.2 Å². The second kappa shape index (κ2) is 9.47. The Labute approximate surface area is 147 Å². The summed E-state index contributed by atoms with van der Waals surface area (Å²) in [6.45, 7) is 2.90. The average Bonchev–Trinajstić information content (AvgIpc) is 2.61. The fraction of sp³-hybridized carbons (Fsp3) is 0.250. The van der Waals surface area contributed by atoms with Crippen LogP contribution >= 0.6 is 0 Å². The number of methoxy groups -OCH3 is 1. The number of nitrogens with one attached hydrogen (secondary N) is 1. The standard InChI is InChI=1S/C20H22FNO3/c1-3-25-18-9-7-16(14-19(18)24-2)8-10-20(23)22-12-11-15-5-4-6-17(21)13-15/h4-10,13-14H,3,11-12H2,1-2H3,(H,22,23)/b10-8+. The van der Waals surface area contributed by atoms with Crippen LogP contribution in [0.15, 0.2) is 48.5 Å². The van der Waals surface area contributed by atoms with Crippen molar-refractivity contribution >= 4 is 12.0 Å². The summed E-state index contributed by atoms with van der Waals surface area (Å²) in [5, 5.41) is 2.78. The smallest absolute Gasteiger partial charge is 0.244 e. The zero-order valence-corrected chi connectivity index (χ0v) is 14.4. The van der Waals surface area contributed by atoms with Crippen LogP contribution in [0.2, 0.25) is 0 Å². The first-order valence-corrected chi connectivity index (χ1v) is 8.13. The van der Waals surface area contributed by atoms with Gasteiger partial charge >= 0.3 is 0 Å². The summed E-state index contributed by atoms with van der Waals surface area (Å²) in [6.07, 6.45) is 3.74. The third-order valence-corrected chi connectivity index (χ3v) is 3.52. The highest BCUT2D eigenvalue weighted by molar-refractivity contribution is 5.91. The van der Waals surface area contributed by atoms with E-state index in [9.17, 15) is 9.18 Å². The Hall–Kier alpha value is -2.82. The lowest BCUT2D eigenvalue weighted by Crippen LogP contribution is -2.23. The van der Waals surface area contributed by atoms with Crippen LogP contribution in [0.25, 0.3) is 6.08 Å². The summed E-state index contributed by atoms with van der Waals surface area (Å²) in [6, 6.07) is 11.8. The van der Waals surface area contributed by atoms with Crippen LogP contribution in [-0.2, 0) is 11.2 Å². The molecule has 5 heteroatoms. The summed E-state index contributed by atoms with van der Waals surface area (Å²) < 4.78 is 23.8. The number of ether oxygens (including phenoxy) is 2. The molecule has 0 aromatic heterocycles. The van der Waals surface area contributed by atoms with Gasteiger partial charge < -0.3 is 14.8 Å². The molecular weight excluding hydrogens is 321 g/mol. The van der Waals surface area contributed by atoms with Crippen molar-refractivity contribution in [3.8, 4) is 11.5 Å². The molecule has 0 atom stereocenters. The van der Waals surface area contributed by atoms with Gasteiger partial charge in [0.25, 0.3) is 0 Å². The van der Waals surface area contributed by atoms with Gasteiger partial charge in [0.2, 0.25) is 5.91 Å². The van der Waals surface area contributed by atoms with Crippen LogP contribution in [-0.4, -0.2) is 26.2 Å². The van der Waals surface area contributed by atoms with E-state index in [0.29, 0.717) is 31.1 Å². The molecule has 2 aromatic carbocycles. The number of carbonyl (C=O) groups excluding carboxylic acids is 1. The van der Waals surface area contributed by atoms with Crippen LogP contribution in [0.5, 0.6) is 11.5 Å². The maximum absolute atomic E-state index is 13.1. The van der Waals surface area contributed by atoms with E-state index >= 15 is 0 Å². The highest BCUT2D eigenvalue weighted by Gasteiger charge is 2.04. The highest BCUT2D eigenvalue weighted by atomic mass is 19.1. The zero-order valence-electron chi connectivity index (χ0n) is 14.4. The van der Waals surface area contributed by atoms with Gasteiger partial charge in [-0.15, -0.1) is 0 Å². The highest BCUT2D eigenvalue weighted by Crippen LogP contribution is 2.28. The van der Waals surface area contributed by atoms with Crippen LogP contribution in [0.3, 0.4) is 0 Å². The monoisotopic (exact) mass is 343 g/mol. The van der Waals surface area contributed by atoms with Crippen molar-refractivity contribution < 1.29 is 18.7 Å². The minimum absolute atomic E-state index is 0.204. The molecule has 4 nitrogen and oxygen atoms in total. The number of rotatable bonds is 8. The minimum Gasteiger partial charge on any atom is -0.493 e. The molecule has 0 aliphatic carbocycles. The summed E-state index contributed by atoms with van der Waals surface area (Å²) in [7, 11) is 1.57. The van der Waals surface area contributed by atoms with Gasteiger partial charge in [-0.25, -0.2) is 4.39 Å². The molecule has 0 heterocycles. The van der Waals surface area contributed by atoms with Crippen molar-refractivity contribution in [1.82, 2.24) is 5.32 Å². The molecule has 25 heavy (non-hydrogen) atoms. The van der Waals surface area contributed by atoms with Crippen molar-refractivity contribution in [2.45, 2.75) is 13.3 Å². The quantitative estimate of drug-likeness (QED) is 0.745. The van der Waals surface area contributed by atoms with Crippen LogP contribution in [0.1, 0.15) is 18.1 Å². The van der Waals surface area contributed by atoms with Gasteiger partial charge in [-0.2, -0.15) is 0 Å². The van der Waals surface area contributed by atoms with Crippen molar-refractivity contribution in [3.63, 3.8) is 0 Å². The van der Waals surface area contributed by atoms with E-state index in [1.54, 1.807) is 19.3 Å². The molecule has 2 aromatic rings. The van der Waals surface area contributed by atoms with Crippen molar-refractivity contribution in [2.24, 2.45) is 0 Å².